The van der Waals surface area contributed by atoms with Crippen molar-refractivity contribution >= 4 is 17.6 Å². The van der Waals surface area contributed by atoms with Crippen molar-refractivity contribution in [3.63, 3.8) is 0 Å². The van der Waals surface area contributed by atoms with E-state index in [1.54, 1.807) is 29.3 Å². The molecule has 1 saturated heterocycles. The van der Waals surface area contributed by atoms with Crippen molar-refractivity contribution in [2.24, 2.45) is 0 Å². The lowest BCUT2D eigenvalue weighted by Crippen LogP contribution is -2.39. The highest BCUT2D eigenvalue weighted by atomic mass is 16.5. The Morgan fingerprint density at radius 2 is 1.91 bits per heavy atom. The first-order valence-corrected chi connectivity index (χ1v) is 10.8. The van der Waals surface area contributed by atoms with Crippen LogP contribution in [-0.4, -0.2) is 56.5 Å². The number of rotatable bonds is 7. The largest absolute Gasteiger partial charge is 0.367 e. The number of nitrogens with zero attached hydrogens (tertiary/aromatic N) is 5. The van der Waals surface area contributed by atoms with Crippen LogP contribution in [0, 0.1) is 0 Å². The quantitative estimate of drug-likeness (QED) is 0.615. The summed E-state index contributed by atoms with van der Waals surface area (Å²) in [5, 5.41) is 11.6. The molecule has 0 aliphatic carbocycles. The fraction of sp³-hybridized carbons (Fsp3) is 0.391. The molecule has 9 heteroatoms. The smallest absolute Gasteiger partial charge is 0.259 e. The standard InChI is InChI=1S/C23H28N6O3/c1-3-28-16-18(15-25-28)23(31)27-13-10-19(11-14-27)29-20(9-12-24-29)26-22(30)21(32-2)17-7-5-4-6-8-17/h4-9,12,15-16,19,21H,3,10-11,13-14H2,1-2H3,(H,26,30). The number of anilines is 1. The molecule has 2 amide bonds. The van der Waals surface area contributed by atoms with E-state index in [4.69, 9.17) is 4.74 Å². The Hall–Kier alpha value is -3.46. The molecule has 1 atom stereocenters. The van der Waals surface area contributed by atoms with Gasteiger partial charge in [0.2, 0.25) is 0 Å². The number of methoxy groups -OCH3 is 1. The molecule has 0 bridgehead atoms. The molecule has 1 N–H and O–H groups in total. The van der Waals surface area contributed by atoms with E-state index in [2.05, 4.69) is 15.5 Å². The maximum Gasteiger partial charge on any atom is 0.259 e. The van der Waals surface area contributed by atoms with Gasteiger partial charge in [0.1, 0.15) is 5.82 Å². The number of carbonyl (C=O) groups excluding carboxylic acids is 2. The normalized spacial score (nSPS) is 15.5. The van der Waals surface area contributed by atoms with E-state index in [0.29, 0.717) is 24.5 Å². The molecule has 1 aliphatic rings. The number of ether oxygens (including phenoxy) is 1. The van der Waals surface area contributed by atoms with Crippen molar-refractivity contribution in [3.05, 3.63) is 66.1 Å². The van der Waals surface area contributed by atoms with Gasteiger partial charge in [0.15, 0.2) is 6.10 Å². The molecule has 2 aromatic heterocycles. The van der Waals surface area contributed by atoms with Crippen LogP contribution in [-0.2, 0) is 16.1 Å². The summed E-state index contributed by atoms with van der Waals surface area (Å²) in [6.07, 6.45) is 5.89. The molecular formula is C23H28N6O3. The number of aromatic nitrogens is 4. The number of likely N-dealkylation sites (tertiary alicyclic amines) is 1. The molecule has 3 heterocycles. The average molecular weight is 437 g/mol. The van der Waals surface area contributed by atoms with E-state index in [1.807, 2.05) is 46.8 Å². The molecule has 1 aliphatic heterocycles. The highest BCUT2D eigenvalue weighted by molar-refractivity contribution is 5.94. The van der Waals surface area contributed by atoms with Crippen LogP contribution < -0.4 is 5.32 Å². The number of hydrogen-bond acceptors (Lipinski definition) is 5. The summed E-state index contributed by atoms with van der Waals surface area (Å²) in [7, 11) is 1.52. The average Bonchev–Trinajstić information content (AvgIpc) is 3.50. The predicted octanol–water partition coefficient (Wildman–Crippen LogP) is 2.90. The molecule has 1 aromatic carbocycles. The molecule has 1 unspecified atom stereocenters. The zero-order valence-electron chi connectivity index (χ0n) is 18.3. The van der Waals surface area contributed by atoms with Gasteiger partial charge in [0.05, 0.1) is 24.0 Å². The Morgan fingerprint density at radius 1 is 1.16 bits per heavy atom. The molecule has 0 spiro atoms. The van der Waals surface area contributed by atoms with Gasteiger partial charge in [-0.15, -0.1) is 0 Å². The van der Waals surface area contributed by atoms with Crippen LogP contribution >= 0.6 is 0 Å². The van der Waals surface area contributed by atoms with E-state index in [0.717, 1.165) is 24.9 Å². The molecule has 32 heavy (non-hydrogen) atoms. The van der Waals surface area contributed by atoms with Crippen molar-refractivity contribution in [2.45, 2.75) is 38.5 Å². The molecule has 168 valence electrons. The first kappa shape index (κ1) is 21.8. The number of hydrogen-bond donors (Lipinski definition) is 1. The van der Waals surface area contributed by atoms with Gasteiger partial charge in [-0.3, -0.25) is 14.3 Å². The molecule has 9 nitrogen and oxygen atoms in total. The third kappa shape index (κ3) is 4.57. The van der Waals surface area contributed by atoms with Crippen molar-refractivity contribution in [1.82, 2.24) is 24.5 Å². The summed E-state index contributed by atoms with van der Waals surface area (Å²) in [5.74, 6) is 0.380. The Morgan fingerprint density at radius 3 is 2.56 bits per heavy atom. The van der Waals surface area contributed by atoms with Gasteiger partial charge in [-0.1, -0.05) is 30.3 Å². The third-order valence-corrected chi connectivity index (χ3v) is 5.80. The monoisotopic (exact) mass is 436 g/mol. The Labute approximate surface area is 187 Å². The minimum atomic E-state index is -0.706. The summed E-state index contributed by atoms with van der Waals surface area (Å²) in [4.78, 5) is 27.5. The van der Waals surface area contributed by atoms with Gasteiger partial charge in [-0.2, -0.15) is 10.2 Å². The highest BCUT2D eigenvalue weighted by Crippen LogP contribution is 2.27. The summed E-state index contributed by atoms with van der Waals surface area (Å²) in [6, 6.07) is 11.3. The minimum absolute atomic E-state index is 0.00272. The van der Waals surface area contributed by atoms with Crippen LogP contribution in [0.5, 0.6) is 0 Å². The van der Waals surface area contributed by atoms with Gasteiger partial charge >= 0.3 is 0 Å². The van der Waals surface area contributed by atoms with Gasteiger partial charge < -0.3 is 15.0 Å². The van der Waals surface area contributed by atoms with Crippen LogP contribution in [0.2, 0.25) is 0 Å². The number of piperidine rings is 1. The van der Waals surface area contributed by atoms with Crippen molar-refractivity contribution < 1.29 is 14.3 Å². The maximum atomic E-state index is 12.9. The fourth-order valence-corrected chi connectivity index (χ4v) is 4.06. The van der Waals surface area contributed by atoms with Crippen molar-refractivity contribution in [1.29, 1.82) is 0 Å². The lowest BCUT2D eigenvalue weighted by molar-refractivity contribution is -0.126. The molecule has 3 aromatic rings. The van der Waals surface area contributed by atoms with Gasteiger partial charge in [-0.25, -0.2) is 4.68 Å². The first-order chi connectivity index (χ1) is 15.6. The lowest BCUT2D eigenvalue weighted by atomic mass is 10.0. The number of aryl methyl sites for hydroxylation is 1. The van der Waals surface area contributed by atoms with E-state index < -0.39 is 6.10 Å². The molecule has 0 saturated carbocycles. The molecular weight excluding hydrogens is 408 g/mol. The number of amides is 2. The summed E-state index contributed by atoms with van der Waals surface area (Å²) in [6.45, 7) is 3.97. The molecule has 0 radical (unpaired) electrons. The number of nitrogens with one attached hydrogen (secondary N) is 1. The van der Waals surface area contributed by atoms with E-state index >= 15 is 0 Å². The van der Waals surface area contributed by atoms with Gasteiger partial charge in [0.25, 0.3) is 11.8 Å². The predicted molar refractivity (Wildman–Crippen MR) is 119 cm³/mol. The zero-order valence-corrected chi connectivity index (χ0v) is 18.3. The number of benzene rings is 1. The van der Waals surface area contributed by atoms with E-state index in [1.165, 1.54) is 7.11 Å². The van der Waals surface area contributed by atoms with E-state index in [-0.39, 0.29) is 17.9 Å². The lowest BCUT2D eigenvalue weighted by Gasteiger charge is -2.32. The molecule has 1 fully saturated rings. The van der Waals surface area contributed by atoms with Crippen LogP contribution in [0.1, 0.15) is 47.8 Å². The molecule has 4 rings (SSSR count). The summed E-state index contributed by atoms with van der Waals surface area (Å²) >= 11 is 0. The SMILES string of the molecule is CCn1cc(C(=O)N2CCC(n3nccc3NC(=O)C(OC)c3ccccc3)CC2)cn1. The summed E-state index contributed by atoms with van der Waals surface area (Å²) in [5.41, 5.74) is 1.40. The second-order valence-electron chi connectivity index (χ2n) is 7.78. The van der Waals surface area contributed by atoms with Crippen LogP contribution in [0.4, 0.5) is 5.82 Å². The van der Waals surface area contributed by atoms with Crippen LogP contribution in [0.15, 0.2) is 55.0 Å². The minimum Gasteiger partial charge on any atom is -0.367 e. The third-order valence-electron chi connectivity index (χ3n) is 5.80. The van der Waals surface area contributed by atoms with E-state index in [9.17, 15) is 9.59 Å². The van der Waals surface area contributed by atoms with Gasteiger partial charge in [0, 0.05) is 39.0 Å². The zero-order chi connectivity index (χ0) is 22.5. The Kier molecular flexibility index (Phi) is 6.65. The highest BCUT2D eigenvalue weighted by Gasteiger charge is 2.28. The maximum absolute atomic E-state index is 12.9. The van der Waals surface area contributed by atoms with Gasteiger partial charge in [-0.05, 0) is 25.3 Å². The first-order valence-electron chi connectivity index (χ1n) is 10.8. The Bertz CT molecular complexity index is 1050. The summed E-state index contributed by atoms with van der Waals surface area (Å²) < 4.78 is 9.02. The van der Waals surface area contributed by atoms with Crippen molar-refractivity contribution in [2.75, 3.05) is 25.5 Å². The fourth-order valence-electron chi connectivity index (χ4n) is 4.06. The van der Waals surface area contributed by atoms with Crippen LogP contribution in [0.3, 0.4) is 0 Å². The Balaban J connectivity index is 1.39. The number of carbonyl (C=O) groups is 2. The van der Waals surface area contributed by atoms with Crippen LogP contribution in [0.25, 0.3) is 0 Å². The second kappa shape index (κ2) is 9.78. The van der Waals surface area contributed by atoms with Crippen molar-refractivity contribution in [3.8, 4) is 0 Å². The second-order valence-corrected chi connectivity index (χ2v) is 7.78. The topological polar surface area (TPSA) is 94.3 Å².